The van der Waals surface area contributed by atoms with Gasteiger partial charge in [0.05, 0.1) is 11.7 Å². The number of rotatable bonds is 4. The van der Waals surface area contributed by atoms with Gasteiger partial charge in [-0.2, -0.15) is 5.10 Å². The van der Waals surface area contributed by atoms with Gasteiger partial charge in [0, 0.05) is 37.5 Å². The van der Waals surface area contributed by atoms with Crippen LogP contribution in [0.3, 0.4) is 0 Å². The van der Waals surface area contributed by atoms with Crippen LogP contribution in [-0.4, -0.2) is 19.3 Å². The largest absolute Gasteiger partial charge is 0.375 e. The second kappa shape index (κ2) is 5.21. The number of imidazole rings is 1. The normalized spacial score (nSPS) is 12.3. The molecule has 0 radical (unpaired) electrons. The summed E-state index contributed by atoms with van der Waals surface area (Å²) in [6.07, 6.45) is 7.47. The minimum atomic E-state index is 0.142. The Hall–Kier alpha value is -2.56. The second-order valence-corrected chi connectivity index (χ2v) is 4.76. The van der Waals surface area contributed by atoms with E-state index in [-0.39, 0.29) is 6.04 Å². The molecule has 5 nitrogen and oxygen atoms in total. The first-order chi connectivity index (χ1) is 9.74. The molecule has 1 aromatic carbocycles. The van der Waals surface area contributed by atoms with Crippen molar-refractivity contribution in [1.82, 2.24) is 19.3 Å². The molecule has 0 amide bonds. The molecule has 0 aliphatic heterocycles. The summed E-state index contributed by atoms with van der Waals surface area (Å²) in [4.78, 5) is 4.37. The van der Waals surface area contributed by atoms with Crippen molar-refractivity contribution in [3.05, 3.63) is 60.9 Å². The molecular formula is C15H17N5. The Balaban J connectivity index is 1.81. The molecule has 1 atom stereocenters. The van der Waals surface area contributed by atoms with Crippen molar-refractivity contribution >= 4 is 5.69 Å². The maximum Gasteiger partial charge on any atom is 0.130 e. The van der Waals surface area contributed by atoms with Crippen LogP contribution in [0.25, 0.3) is 5.69 Å². The predicted octanol–water partition coefficient (Wildman–Crippen LogP) is 2.78. The van der Waals surface area contributed by atoms with Crippen molar-refractivity contribution < 1.29 is 0 Å². The monoisotopic (exact) mass is 267 g/mol. The number of benzene rings is 1. The van der Waals surface area contributed by atoms with Crippen LogP contribution in [0.2, 0.25) is 0 Å². The van der Waals surface area contributed by atoms with Crippen LogP contribution in [0.15, 0.2) is 55.1 Å². The quantitative estimate of drug-likeness (QED) is 0.790. The average molecular weight is 267 g/mol. The second-order valence-electron chi connectivity index (χ2n) is 4.76. The van der Waals surface area contributed by atoms with Gasteiger partial charge in [-0.05, 0) is 31.2 Å². The molecule has 1 N–H and O–H groups in total. The first kappa shape index (κ1) is 12.5. The lowest BCUT2D eigenvalue weighted by molar-refractivity contribution is 0.721. The highest BCUT2D eigenvalue weighted by Crippen LogP contribution is 2.19. The summed E-state index contributed by atoms with van der Waals surface area (Å²) < 4.78 is 3.87. The Bertz CT molecular complexity index is 684. The van der Waals surface area contributed by atoms with Crippen LogP contribution in [0.1, 0.15) is 18.8 Å². The molecule has 0 aliphatic carbocycles. The Labute approximate surface area is 117 Å². The molecule has 2 heterocycles. The maximum atomic E-state index is 4.37. The van der Waals surface area contributed by atoms with Crippen molar-refractivity contribution in [3.63, 3.8) is 0 Å². The van der Waals surface area contributed by atoms with Gasteiger partial charge in [0.1, 0.15) is 5.82 Å². The number of nitrogens with one attached hydrogen (secondary N) is 1. The lowest BCUT2D eigenvalue weighted by atomic mass is 10.2. The third kappa shape index (κ3) is 2.42. The fourth-order valence-corrected chi connectivity index (χ4v) is 2.27. The van der Waals surface area contributed by atoms with Gasteiger partial charge in [-0.15, -0.1) is 0 Å². The van der Waals surface area contributed by atoms with Crippen LogP contribution in [0.4, 0.5) is 5.69 Å². The Kier molecular flexibility index (Phi) is 3.25. The molecule has 5 heteroatoms. The van der Waals surface area contributed by atoms with E-state index in [4.69, 9.17) is 0 Å². The summed E-state index contributed by atoms with van der Waals surface area (Å²) >= 11 is 0. The average Bonchev–Trinajstić information content (AvgIpc) is 3.09. The lowest BCUT2D eigenvalue weighted by Gasteiger charge is -2.15. The molecule has 0 spiro atoms. The SMILES string of the molecule is CC(Nc1cccc(-n2cccn2)c1)c1nccn1C. The molecular weight excluding hydrogens is 250 g/mol. The third-order valence-electron chi connectivity index (χ3n) is 3.24. The first-order valence-corrected chi connectivity index (χ1v) is 6.58. The van der Waals surface area contributed by atoms with Gasteiger partial charge in [0.2, 0.25) is 0 Å². The Morgan fingerprint density at radius 2 is 2.05 bits per heavy atom. The van der Waals surface area contributed by atoms with Crippen molar-refractivity contribution in [2.45, 2.75) is 13.0 Å². The lowest BCUT2D eigenvalue weighted by Crippen LogP contribution is -2.12. The van der Waals surface area contributed by atoms with Crippen LogP contribution >= 0.6 is 0 Å². The van der Waals surface area contributed by atoms with E-state index in [9.17, 15) is 0 Å². The fraction of sp³-hybridized carbons (Fsp3) is 0.200. The summed E-state index contributed by atoms with van der Waals surface area (Å²) in [6, 6.07) is 10.2. The zero-order valence-electron chi connectivity index (χ0n) is 11.6. The van der Waals surface area contributed by atoms with E-state index in [1.54, 1.807) is 6.20 Å². The zero-order chi connectivity index (χ0) is 13.9. The standard InChI is InChI=1S/C15H17N5/c1-12(15-16-8-10-19(15)2)18-13-5-3-6-14(11-13)20-9-4-7-17-20/h3-12,18H,1-2H3. The number of nitrogens with zero attached hydrogens (tertiary/aromatic N) is 4. The van der Waals surface area contributed by atoms with E-state index in [2.05, 4.69) is 28.4 Å². The molecule has 0 bridgehead atoms. The van der Waals surface area contributed by atoms with Gasteiger partial charge in [-0.1, -0.05) is 6.07 Å². The maximum absolute atomic E-state index is 4.37. The van der Waals surface area contributed by atoms with E-state index >= 15 is 0 Å². The topological polar surface area (TPSA) is 47.7 Å². The van der Waals surface area contributed by atoms with Crippen molar-refractivity contribution in [1.29, 1.82) is 0 Å². The van der Waals surface area contributed by atoms with Crippen molar-refractivity contribution in [2.24, 2.45) is 7.05 Å². The van der Waals surface area contributed by atoms with Crippen molar-refractivity contribution in [3.8, 4) is 5.69 Å². The summed E-state index contributed by atoms with van der Waals surface area (Å²) in [5.74, 6) is 1.01. The van der Waals surface area contributed by atoms with Crippen LogP contribution < -0.4 is 5.32 Å². The smallest absolute Gasteiger partial charge is 0.130 e. The molecule has 20 heavy (non-hydrogen) atoms. The van der Waals surface area contributed by atoms with Crippen LogP contribution in [-0.2, 0) is 7.05 Å². The van der Waals surface area contributed by atoms with Crippen molar-refractivity contribution in [2.75, 3.05) is 5.32 Å². The van der Waals surface area contributed by atoms with Gasteiger partial charge < -0.3 is 9.88 Å². The molecule has 2 aromatic heterocycles. The fourth-order valence-electron chi connectivity index (χ4n) is 2.27. The van der Waals surface area contributed by atoms with E-state index in [0.717, 1.165) is 17.2 Å². The Morgan fingerprint density at radius 3 is 2.75 bits per heavy atom. The molecule has 0 saturated heterocycles. The van der Waals surface area contributed by atoms with E-state index in [1.807, 2.05) is 59.2 Å². The van der Waals surface area contributed by atoms with Gasteiger partial charge in [-0.3, -0.25) is 0 Å². The minimum absolute atomic E-state index is 0.142. The molecule has 0 saturated carbocycles. The minimum Gasteiger partial charge on any atom is -0.375 e. The highest BCUT2D eigenvalue weighted by atomic mass is 15.3. The number of anilines is 1. The van der Waals surface area contributed by atoms with E-state index in [0.29, 0.717) is 0 Å². The number of hydrogen-bond acceptors (Lipinski definition) is 3. The molecule has 3 aromatic rings. The van der Waals surface area contributed by atoms with Crippen LogP contribution in [0, 0.1) is 0 Å². The summed E-state index contributed by atoms with van der Waals surface area (Å²) in [6.45, 7) is 2.10. The zero-order valence-corrected chi connectivity index (χ0v) is 11.6. The van der Waals surface area contributed by atoms with Gasteiger partial charge in [0.25, 0.3) is 0 Å². The molecule has 102 valence electrons. The number of aryl methyl sites for hydroxylation is 1. The molecule has 1 unspecified atom stereocenters. The predicted molar refractivity (Wildman–Crippen MR) is 78.8 cm³/mol. The number of hydrogen-bond donors (Lipinski definition) is 1. The molecule has 0 fully saturated rings. The van der Waals surface area contributed by atoms with Gasteiger partial charge in [-0.25, -0.2) is 9.67 Å². The highest BCUT2D eigenvalue weighted by Gasteiger charge is 2.10. The van der Waals surface area contributed by atoms with Gasteiger partial charge in [0.15, 0.2) is 0 Å². The van der Waals surface area contributed by atoms with E-state index < -0.39 is 0 Å². The summed E-state index contributed by atoms with van der Waals surface area (Å²) in [5, 5.41) is 7.71. The van der Waals surface area contributed by atoms with Crippen LogP contribution in [0.5, 0.6) is 0 Å². The van der Waals surface area contributed by atoms with E-state index in [1.165, 1.54) is 0 Å². The third-order valence-corrected chi connectivity index (χ3v) is 3.24. The highest BCUT2D eigenvalue weighted by molar-refractivity contribution is 5.51. The first-order valence-electron chi connectivity index (χ1n) is 6.58. The Morgan fingerprint density at radius 1 is 1.15 bits per heavy atom. The summed E-state index contributed by atoms with van der Waals surface area (Å²) in [7, 11) is 2.00. The summed E-state index contributed by atoms with van der Waals surface area (Å²) in [5.41, 5.74) is 2.08. The molecule has 3 rings (SSSR count). The molecule has 0 aliphatic rings. The van der Waals surface area contributed by atoms with Gasteiger partial charge >= 0.3 is 0 Å². The number of aromatic nitrogens is 4.